The fourth-order valence-corrected chi connectivity index (χ4v) is 3.34. The first-order valence-corrected chi connectivity index (χ1v) is 10.8. The Balaban J connectivity index is 1.69. The molecule has 0 aliphatic heterocycles. The predicted molar refractivity (Wildman–Crippen MR) is 127 cm³/mol. The van der Waals surface area contributed by atoms with Gasteiger partial charge in [-0.1, -0.05) is 71.4 Å². The molecule has 0 aliphatic rings. The van der Waals surface area contributed by atoms with Gasteiger partial charge in [0.15, 0.2) is 5.71 Å². The van der Waals surface area contributed by atoms with E-state index in [1.807, 2.05) is 55.5 Å². The molecule has 7 nitrogen and oxygen atoms in total. The highest BCUT2D eigenvalue weighted by Crippen LogP contribution is 2.28. The van der Waals surface area contributed by atoms with E-state index in [4.69, 9.17) is 25.9 Å². The quantitative estimate of drug-likeness (QED) is 0.345. The number of aromatic nitrogens is 1. The number of ether oxygens (including phenoxy) is 2. The Bertz CT molecular complexity index is 1110. The smallest absolute Gasteiger partial charge is 0.273 e. The highest BCUT2D eigenvalue weighted by atomic mass is 35.5. The minimum Gasteiger partial charge on any atom is -0.472 e. The maximum absolute atomic E-state index is 12.2. The summed E-state index contributed by atoms with van der Waals surface area (Å²) in [5, 5.41) is 6.79. The number of oxime groups is 1. The largest absolute Gasteiger partial charge is 0.472 e. The lowest BCUT2D eigenvalue weighted by atomic mass is 10.0. The van der Waals surface area contributed by atoms with Crippen molar-refractivity contribution in [2.75, 3.05) is 14.2 Å². The van der Waals surface area contributed by atoms with Crippen molar-refractivity contribution in [3.05, 3.63) is 94.1 Å². The van der Waals surface area contributed by atoms with Crippen molar-refractivity contribution in [3.63, 3.8) is 0 Å². The molecule has 1 N–H and O–H groups in total. The van der Waals surface area contributed by atoms with Gasteiger partial charge in [-0.25, -0.2) is 4.98 Å². The lowest BCUT2D eigenvalue weighted by Gasteiger charge is -2.15. The summed E-state index contributed by atoms with van der Waals surface area (Å²) in [6.07, 6.45) is 1.50. The normalized spacial score (nSPS) is 12.2. The number of carbonyl (C=O) groups excluding carboxylic acids is 1. The number of likely N-dealkylation sites (N-methyl/N-ethyl adjacent to an activating group) is 1. The molecule has 1 amide bonds. The lowest BCUT2D eigenvalue weighted by molar-refractivity contribution is -0.114. The van der Waals surface area contributed by atoms with Gasteiger partial charge >= 0.3 is 0 Å². The second-order valence-corrected chi connectivity index (χ2v) is 7.55. The molecule has 172 valence electrons. The molecular formula is C25H26ClN3O4. The molecule has 0 aliphatic carbocycles. The van der Waals surface area contributed by atoms with E-state index in [-0.39, 0.29) is 30.2 Å². The third-order valence-electron chi connectivity index (χ3n) is 4.90. The highest BCUT2D eigenvalue weighted by Gasteiger charge is 2.18. The van der Waals surface area contributed by atoms with Gasteiger partial charge in [0, 0.05) is 24.4 Å². The number of carbonyl (C=O) groups is 1. The third-order valence-corrected chi connectivity index (χ3v) is 5.17. The minimum atomic E-state index is -0.366. The van der Waals surface area contributed by atoms with Crippen LogP contribution in [0.4, 0.5) is 0 Å². The zero-order valence-electron chi connectivity index (χ0n) is 18.7. The number of rotatable bonds is 10. The first kappa shape index (κ1) is 24.2. The van der Waals surface area contributed by atoms with Crippen LogP contribution in [0.25, 0.3) is 0 Å². The van der Waals surface area contributed by atoms with Crippen LogP contribution in [-0.2, 0) is 27.6 Å². The van der Waals surface area contributed by atoms with Gasteiger partial charge in [-0.2, -0.15) is 0 Å². The maximum atomic E-state index is 12.2. The molecule has 0 radical (unpaired) electrons. The van der Waals surface area contributed by atoms with Crippen molar-refractivity contribution in [2.45, 2.75) is 26.2 Å². The summed E-state index contributed by atoms with van der Waals surface area (Å²) in [7, 11) is 2.92. The maximum Gasteiger partial charge on any atom is 0.273 e. The molecule has 8 heteroatoms. The summed E-state index contributed by atoms with van der Waals surface area (Å²) in [6, 6.07) is 19.0. The fraction of sp³-hybridized carbons (Fsp3) is 0.240. The van der Waals surface area contributed by atoms with Gasteiger partial charge in [-0.05, 0) is 24.1 Å². The first-order chi connectivity index (χ1) is 16.0. The van der Waals surface area contributed by atoms with E-state index in [1.165, 1.54) is 14.2 Å². The summed E-state index contributed by atoms with van der Waals surface area (Å²) in [4.78, 5) is 21.4. The molecule has 0 bridgehead atoms. The molecule has 3 aromatic rings. The third kappa shape index (κ3) is 6.54. The van der Waals surface area contributed by atoms with E-state index in [0.29, 0.717) is 17.2 Å². The Kier molecular flexibility index (Phi) is 8.80. The summed E-state index contributed by atoms with van der Waals surface area (Å²) in [5.74, 6) is -0.0787. The summed E-state index contributed by atoms with van der Waals surface area (Å²) >= 11 is 6.43. The van der Waals surface area contributed by atoms with Crippen molar-refractivity contribution >= 4 is 23.2 Å². The van der Waals surface area contributed by atoms with Gasteiger partial charge in [0.25, 0.3) is 5.91 Å². The second-order valence-electron chi connectivity index (χ2n) is 7.14. The molecule has 1 unspecified atom stereocenters. The van der Waals surface area contributed by atoms with Crippen LogP contribution in [0.2, 0.25) is 5.02 Å². The Morgan fingerprint density at radius 3 is 2.55 bits per heavy atom. The minimum absolute atomic E-state index is 0.141. The Hall–Kier alpha value is -3.42. The Morgan fingerprint density at radius 1 is 1.12 bits per heavy atom. The molecule has 0 saturated heterocycles. The molecule has 0 saturated carbocycles. The van der Waals surface area contributed by atoms with E-state index in [0.717, 1.165) is 16.7 Å². The van der Waals surface area contributed by atoms with Crippen LogP contribution in [0.1, 0.15) is 35.3 Å². The molecule has 1 atom stereocenters. The zero-order chi connectivity index (χ0) is 23.6. The first-order valence-electron chi connectivity index (χ1n) is 10.4. The average molecular weight is 468 g/mol. The summed E-state index contributed by atoms with van der Waals surface area (Å²) < 4.78 is 11.8. The Morgan fingerprint density at radius 2 is 1.85 bits per heavy atom. The van der Waals surface area contributed by atoms with E-state index in [1.54, 1.807) is 18.3 Å². The van der Waals surface area contributed by atoms with Crippen molar-refractivity contribution in [1.82, 2.24) is 10.3 Å². The zero-order valence-corrected chi connectivity index (χ0v) is 19.5. The monoisotopic (exact) mass is 467 g/mol. The molecule has 0 fully saturated rings. The molecule has 3 rings (SSSR count). The summed E-state index contributed by atoms with van der Waals surface area (Å²) in [6.45, 7) is 2.58. The standard InChI is InChI=1S/C25H26ClN3O4/c1-17(32-15-18-9-5-4-6-10-18)20-13-22(26)25(28-14-20)33-16-19-11-7-8-12-21(19)23(29-31-3)24(30)27-2/h4-14,17H,15-16H2,1-3H3,(H,27,30)/b29-23-. The predicted octanol–water partition coefficient (Wildman–Crippen LogP) is 4.69. The van der Waals surface area contributed by atoms with Crippen molar-refractivity contribution in [3.8, 4) is 5.88 Å². The van der Waals surface area contributed by atoms with E-state index in [2.05, 4.69) is 15.5 Å². The van der Waals surface area contributed by atoms with Crippen LogP contribution in [0.15, 0.2) is 72.0 Å². The van der Waals surface area contributed by atoms with E-state index >= 15 is 0 Å². The Labute approximate surface area is 198 Å². The molecule has 1 heterocycles. The van der Waals surface area contributed by atoms with Crippen LogP contribution in [-0.4, -0.2) is 30.8 Å². The number of benzene rings is 2. The number of nitrogens with one attached hydrogen (secondary N) is 1. The van der Waals surface area contributed by atoms with E-state index < -0.39 is 0 Å². The highest BCUT2D eigenvalue weighted by molar-refractivity contribution is 6.45. The fourth-order valence-electron chi connectivity index (χ4n) is 3.11. The number of nitrogens with zero attached hydrogens (tertiary/aromatic N) is 2. The SMILES string of the molecule is CNC(=O)/C(=N\OC)c1ccccc1COc1ncc(C(C)OCc2ccccc2)cc1Cl. The number of pyridine rings is 1. The van der Waals surface area contributed by atoms with Crippen LogP contribution < -0.4 is 10.1 Å². The van der Waals surface area contributed by atoms with Gasteiger partial charge in [-0.15, -0.1) is 0 Å². The molecule has 2 aromatic carbocycles. The van der Waals surface area contributed by atoms with Crippen LogP contribution in [0.5, 0.6) is 5.88 Å². The number of amides is 1. The van der Waals surface area contributed by atoms with Gasteiger partial charge in [0.1, 0.15) is 18.7 Å². The topological polar surface area (TPSA) is 82.0 Å². The number of hydrogen-bond donors (Lipinski definition) is 1. The van der Waals surface area contributed by atoms with E-state index in [9.17, 15) is 4.79 Å². The van der Waals surface area contributed by atoms with Crippen LogP contribution in [0, 0.1) is 0 Å². The molecule has 33 heavy (non-hydrogen) atoms. The van der Waals surface area contributed by atoms with Gasteiger partial charge in [0.05, 0.1) is 12.7 Å². The van der Waals surface area contributed by atoms with Gasteiger partial charge in [-0.3, -0.25) is 4.79 Å². The number of halogens is 1. The lowest BCUT2D eigenvalue weighted by Crippen LogP contribution is -2.29. The van der Waals surface area contributed by atoms with Crippen molar-refractivity contribution < 1.29 is 19.1 Å². The average Bonchev–Trinajstić information content (AvgIpc) is 2.85. The number of hydrogen-bond acceptors (Lipinski definition) is 6. The molecule has 0 spiro atoms. The summed E-state index contributed by atoms with van der Waals surface area (Å²) in [5.41, 5.74) is 3.42. The van der Waals surface area contributed by atoms with Crippen LogP contribution in [0.3, 0.4) is 0 Å². The second kappa shape index (κ2) is 12.0. The van der Waals surface area contributed by atoms with Crippen molar-refractivity contribution in [2.24, 2.45) is 5.16 Å². The van der Waals surface area contributed by atoms with Crippen molar-refractivity contribution in [1.29, 1.82) is 0 Å². The molecular weight excluding hydrogens is 442 g/mol. The van der Waals surface area contributed by atoms with Gasteiger partial charge in [0.2, 0.25) is 5.88 Å². The van der Waals surface area contributed by atoms with Gasteiger partial charge < -0.3 is 19.6 Å². The van der Waals surface area contributed by atoms with Crippen LogP contribution >= 0.6 is 11.6 Å². The molecule has 1 aromatic heterocycles.